The number of ether oxygens (including phenoxy) is 1. The Morgan fingerprint density at radius 2 is 1.64 bits per heavy atom. The molecule has 1 aliphatic heterocycles. The number of carbonyl (C=O) groups excluding carboxylic acids is 1. The molecule has 4 nitrogen and oxygen atoms in total. The molecular weight excluding hydrogens is 312 g/mol. The van der Waals surface area contributed by atoms with E-state index < -0.39 is 0 Å². The Morgan fingerprint density at radius 1 is 1.04 bits per heavy atom. The van der Waals surface area contributed by atoms with Crippen molar-refractivity contribution in [1.82, 2.24) is 4.90 Å². The molecule has 25 heavy (non-hydrogen) atoms. The molecule has 0 saturated carbocycles. The molecule has 2 aromatic rings. The molecule has 3 rings (SSSR count). The van der Waals surface area contributed by atoms with E-state index in [1.54, 1.807) is 0 Å². The van der Waals surface area contributed by atoms with Crippen molar-refractivity contribution in [2.24, 2.45) is 0 Å². The molecule has 0 spiro atoms. The van der Waals surface area contributed by atoms with Gasteiger partial charge in [0.05, 0.1) is 12.2 Å². The number of amides is 1. The normalized spacial score (nSPS) is 22.4. The summed E-state index contributed by atoms with van der Waals surface area (Å²) < 4.78 is 5.84. The molecule has 0 radical (unpaired) electrons. The minimum Gasteiger partial charge on any atom is -0.373 e. The van der Waals surface area contributed by atoms with Crippen LogP contribution in [0.4, 0.5) is 5.69 Å². The minimum atomic E-state index is -0.323. The van der Waals surface area contributed by atoms with Gasteiger partial charge < -0.3 is 10.1 Å². The Morgan fingerprint density at radius 3 is 2.24 bits per heavy atom. The summed E-state index contributed by atoms with van der Waals surface area (Å²) in [6, 6.07) is 17.6. The molecule has 132 valence electrons. The van der Waals surface area contributed by atoms with Crippen molar-refractivity contribution in [2.45, 2.75) is 39.0 Å². The fourth-order valence-corrected chi connectivity index (χ4v) is 3.44. The van der Waals surface area contributed by atoms with Crippen molar-refractivity contribution < 1.29 is 9.53 Å². The van der Waals surface area contributed by atoms with Gasteiger partial charge in [0.1, 0.15) is 6.04 Å². The van der Waals surface area contributed by atoms with Crippen LogP contribution < -0.4 is 5.32 Å². The van der Waals surface area contributed by atoms with E-state index in [2.05, 4.69) is 24.1 Å². The minimum absolute atomic E-state index is 0.00338. The second-order valence-corrected chi connectivity index (χ2v) is 6.88. The molecule has 2 aromatic carbocycles. The fourth-order valence-electron chi connectivity index (χ4n) is 3.44. The van der Waals surface area contributed by atoms with Gasteiger partial charge in [-0.25, -0.2) is 0 Å². The molecule has 4 heteroatoms. The van der Waals surface area contributed by atoms with Crippen LogP contribution in [-0.4, -0.2) is 36.1 Å². The summed E-state index contributed by atoms with van der Waals surface area (Å²) in [7, 11) is 0. The summed E-state index contributed by atoms with van der Waals surface area (Å²) in [6.07, 6.45) is 0.226. The van der Waals surface area contributed by atoms with E-state index in [-0.39, 0.29) is 24.2 Å². The maximum atomic E-state index is 13.1. The standard InChI is InChI=1S/C21H26N2O2/c1-15-9-11-19(12-10-15)22-21(24)20(18-7-5-4-6-8-18)23-13-16(2)25-17(3)14-23/h4-12,16-17,20H,13-14H2,1-3H3,(H,22,24)/t16-,17-,20+/m1/s1. The molecule has 0 aliphatic carbocycles. The van der Waals surface area contributed by atoms with E-state index in [0.717, 1.165) is 24.3 Å². The highest BCUT2D eigenvalue weighted by molar-refractivity contribution is 5.95. The summed E-state index contributed by atoms with van der Waals surface area (Å²) in [5.41, 5.74) is 3.01. The summed E-state index contributed by atoms with van der Waals surface area (Å²) in [5.74, 6) is -0.00338. The van der Waals surface area contributed by atoms with E-state index in [9.17, 15) is 4.79 Å². The molecule has 1 saturated heterocycles. The predicted molar refractivity (Wildman–Crippen MR) is 101 cm³/mol. The summed E-state index contributed by atoms with van der Waals surface area (Å²) in [5, 5.41) is 3.07. The average Bonchev–Trinajstić information content (AvgIpc) is 2.57. The van der Waals surface area contributed by atoms with Crippen LogP contribution in [0.25, 0.3) is 0 Å². The van der Waals surface area contributed by atoms with Crippen molar-refractivity contribution in [3.05, 3.63) is 65.7 Å². The number of rotatable bonds is 4. The number of morpholine rings is 1. The van der Waals surface area contributed by atoms with E-state index in [1.807, 2.05) is 61.5 Å². The average molecular weight is 338 g/mol. The third-order valence-electron chi connectivity index (χ3n) is 4.50. The molecule has 3 atom stereocenters. The Kier molecular flexibility index (Phi) is 5.51. The maximum absolute atomic E-state index is 13.1. The first-order valence-electron chi connectivity index (χ1n) is 8.85. The summed E-state index contributed by atoms with van der Waals surface area (Å²) in [6.45, 7) is 7.64. The van der Waals surface area contributed by atoms with Crippen molar-refractivity contribution in [1.29, 1.82) is 0 Å². The van der Waals surface area contributed by atoms with Crippen LogP contribution >= 0.6 is 0 Å². The lowest BCUT2D eigenvalue weighted by Crippen LogP contribution is -2.49. The second kappa shape index (κ2) is 7.81. The van der Waals surface area contributed by atoms with Crippen molar-refractivity contribution >= 4 is 11.6 Å². The number of anilines is 1. The van der Waals surface area contributed by atoms with Gasteiger partial charge in [-0.05, 0) is 38.5 Å². The van der Waals surface area contributed by atoms with Crippen molar-refractivity contribution in [3.8, 4) is 0 Å². The molecule has 0 bridgehead atoms. The van der Waals surface area contributed by atoms with E-state index in [0.29, 0.717) is 0 Å². The van der Waals surface area contributed by atoms with E-state index in [4.69, 9.17) is 4.74 Å². The Bertz CT molecular complexity index is 690. The second-order valence-electron chi connectivity index (χ2n) is 6.88. The first-order chi connectivity index (χ1) is 12.0. The van der Waals surface area contributed by atoms with Gasteiger partial charge in [-0.15, -0.1) is 0 Å². The zero-order chi connectivity index (χ0) is 17.8. The van der Waals surface area contributed by atoms with Crippen molar-refractivity contribution in [2.75, 3.05) is 18.4 Å². The Balaban J connectivity index is 1.85. The molecule has 1 fully saturated rings. The first-order valence-corrected chi connectivity index (χ1v) is 8.85. The topological polar surface area (TPSA) is 41.6 Å². The summed E-state index contributed by atoms with van der Waals surface area (Å²) in [4.78, 5) is 15.3. The number of nitrogens with zero attached hydrogens (tertiary/aromatic N) is 1. The number of hydrogen-bond donors (Lipinski definition) is 1. The highest BCUT2D eigenvalue weighted by Gasteiger charge is 2.33. The zero-order valence-electron chi connectivity index (χ0n) is 15.1. The molecule has 1 amide bonds. The Labute approximate surface area is 149 Å². The third kappa shape index (κ3) is 4.47. The largest absolute Gasteiger partial charge is 0.373 e. The Hall–Kier alpha value is -2.17. The van der Waals surface area contributed by atoms with Crippen LogP contribution in [0.15, 0.2) is 54.6 Å². The smallest absolute Gasteiger partial charge is 0.246 e. The van der Waals surface area contributed by atoms with Gasteiger partial charge in [0, 0.05) is 18.8 Å². The van der Waals surface area contributed by atoms with Crippen LogP contribution in [0.1, 0.15) is 31.0 Å². The lowest BCUT2D eigenvalue weighted by atomic mass is 10.0. The monoisotopic (exact) mass is 338 g/mol. The van der Waals surface area contributed by atoms with Crippen LogP contribution in [0.2, 0.25) is 0 Å². The molecule has 1 aliphatic rings. The van der Waals surface area contributed by atoms with Gasteiger partial charge in [-0.3, -0.25) is 9.69 Å². The molecule has 1 heterocycles. The number of hydrogen-bond acceptors (Lipinski definition) is 3. The van der Waals surface area contributed by atoms with Gasteiger partial charge >= 0.3 is 0 Å². The van der Waals surface area contributed by atoms with Crippen LogP contribution in [0, 0.1) is 6.92 Å². The number of benzene rings is 2. The van der Waals surface area contributed by atoms with E-state index >= 15 is 0 Å². The van der Waals surface area contributed by atoms with Gasteiger partial charge in [-0.1, -0.05) is 48.0 Å². The lowest BCUT2D eigenvalue weighted by Gasteiger charge is -2.39. The van der Waals surface area contributed by atoms with Crippen LogP contribution in [0.3, 0.4) is 0 Å². The van der Waals surface area contributed by atoms with Gasteiger partial charge in [-0.2, -0.15) is 0 Å². The number of nitrogens with one attached hydrogen (secondary N) is 1. The number of aryl methyl sites for hydroxylation is 1. The first kappa shape index (κ1) is 17.6. The predicted octanol–water partition coefficient (Wildman–Crippen LogP) is 3.78. The summed E-state index contributed by atoms with van der Waals surface area (Å²) >= 11 is 0. The fraction of sp³-hybridized carbons (Fsp3) is 0.381. The molecule has 1 N–H and O–H groups in total. The quantitative estimate of drug-likeness (QED) is 0.922. The maximum Gasteiger partial charge on any atom is 0.246 e. The highest BCUT2D eigenvalue weighted by atomic mass is 16.5. The van der Waals surface area contributed by atoms with Crippen LogP contribution in [-0.2, 0) is 9.53 Å². The highest BCUT2D eigenvalue weighted by Crippen LogP contribution is 2.26. The zero-order valence-corrected chi connectivity index (χ0v) is 15.1. The molecule has 0 aromatic heterocycles. The molecule has 0 unspecified atom stereocenters. The number of carbonyl (C=O) groups is 1. The van der Waals surface area contributed by atoms with Gasteiger partial charge in [0.15, 0.2) is 0 Å². The SMILES string of the molecule is Cc1ccc(NC(=O)[C@H](c2ccccc2)N2C[C@@H](C)O[C@H](C)C2)cc1. The van der Waals surface area contributed by atoms with E-state index in [1.165, 1.54) is 5.56 Å². The third-order valence-corrected chi connectivity index (χ3v) is 4.50. The van der Waals surface area contributed by atoms with Crippen molar-refractivity contribution in [3.63, 3.8) is 0 Å². The van der Waals surface area contributed by atoms with Gasteiger partial charge in [0.25, 0.3) is 0 Å². The lowest BCUT2D eigenvalue weighted by molar-refractivity contribution is -0.128. The van der Waals surface area contributed by atoms with Gasteiger partial charge in [0.2, 0.25) is 5.91 Å². The molecular formula is C21H26N2O2. The van der Waals surface area contributed by atoms with Crippen LogP contribution in [0.5, 0.6) is 0 Å².